The van der Waals surface area contributed by atoms with E-state index < -0.39 is 0 Å². The van der Waals surface area contributed by atoms with Crippen LogP contribution in [-0.4, -0.2) is 29.2 Å². The van der Waals surface area contributed by atoms with Crippen molar-refractivity contribution in [3.8, 4) is 0 Å². The molecule has 6 nitrogen and oxygen atoms in total. The van der Waals surface area contributed by atoms with Crippen molar-refractivity contribution in [2.45, 2.75) is 13.2 Å². The zero-order valence-electron chi connectivity index (χ0n) is 13.3. The van der Waals surface area contributed by atoms with Gasteiger partial charge >= 0.3 is 0 Å². The van der Waals surface area contributed by atoms with Crippen molar-refractivity contribution in [2.24, 2.45) is 10.7 Å². The van der Waals surface area contributed by atoms with E-state index in [2.05, 4.69) is 20.6 Å². The zero-order valence-corrected chi connectivity index (χ0v) is 14.1. The number of pyridine rings is 1. The molecule has 0 saturated carbocycles. The zero-order chi connectivity index (χ0) is 17.0. The maximum atomic E-state index is 5.78. The molecule has 2 aromatic rings. The average Bonchev–Trinajstić information content (AvgIpc) is 2.61. The second-order valence-corrected chi connectivity index (χ2v) is 5.38. The smallest absolute Gasteiger partial charge is 0.194 e. The van der Waals surface area contributed by atoms with Crippen LogP contribution in [0.25, 0.3) is 0 Å². The van der Waals surface area contributed by atoms with Gasteiger partial charge in [0.1, 0.15) is 0 Å². The van der Waals surface area contributed by atoms with Gasteiger partial charge in [0, 0.05) is 18.9 Å². The molecule has 0 fully saturated rings. The third-order valence-corrected chi connectivity index (χ3v) is 3.32. The Morgan fingerprint density at radius 3 is 2.62 bits per heavy atom. The van der Waals surface area contributed by atoms with E-state index in [0.29, 0.717) is 31.4 Å². The molecule has 2 rings (SSSR count). The maximum Gasteiger partial charge on any atom is 0.194 e. The van der Waals surface area contributed by atoms with Gasteiger partial charge in [0.25, 0.3) is 0 Å². The first-order chi connectivity index (χ1) is 11.7. The molecule has 1 heterocycles. The number of aromatic nitrogens is 1. The van der Waals surface area contributed by atoms with Gasteiger partial charge in [-0.2, -0.15) is 0 Å². The topological polar surface area (TPSA) is 84.6 Å². The Labute approximate surface area is 147 Å². The number of benzene rings is 1. The molecule has 7 heteroatoms. The van der Waals surface area contributed by atoms with Gasteiger partial charge in [0.2, 0.25) is 0 Å². The van der Waals surface area contributed by atoms with Crippen molar-refractivity contribution in [1.29, 1.82) is 0 Å². The highest BCUT2D eigenvalue weighted by atomic mass is 32.1. The molecular weight excluding hydrogens is 322 g/mol. The summed E-state index contributed by atoms with van der Waals surface area (Å²) in [6.07, 6.45) is 3.47. The first kappa shape index (κ1) is 17.8. The molecule has 0 aliphatic heterocycles. The third kappa shape index (κ3) is 7.17. The maximum absolute atomic E-state index is 5.78. The Bertz CT molecular complexity index is 649. The van der Waals surface area contributed by atoms with Crippen molar-refractivity contribution in [2.75, 3.05) is 13.2 Å². The van der Waals surface area contributed by atoms with E-state index in [-0.39, 0.29) is 5.96 Å². The summed E-state index contributed by atoms with van der Waals surface area (Å²) in [5.74, 6) is 0.269. The van der Waals surface area contributed by atoms with Crippen molar-refractivity contribution in [1.82, 2.24) is 15.6 Å². The fourth-order valence-electron chi connectivity index (χ4n) is 1.88. The van der Waals surface area contributed by atoms with Crippen LogP contribution in [0.5, 0.6) is 0 Å². The van der Waals surface area contributed by atoms with Crippen LogP contribution >= 0.6 is 12.2 Å². The molecule has 0 unspecified atom stereocenters. The Morgan fingerprint density at radius 1 is 1.12 bits per heavy atom. The second-order valence-electron chi connectivity index (χ2n) is 4.97. The number of rotatable bonds is 7. The van der Waals surface area contributed by atoms with Crippen LogP contribution in [0.2, 0.25) is 0 Å². The van der Waals surface area contributed by atoms with Crippen LogP contribution in [-0.2, 0) is 17.9 Å². The lowest BCUT2D eigenvalue weighted by Gasteiger charge is -2.10. The molecule has 0 saturated heterocycles. The number of thiocarbonyl (C=S) groups is 1. The van der Waals surface area contributed by atoms with Crippen LogP contribution in [0.1, 0.15) is 11.1 Å². The Hall–Kier alpha value is -2.51. The minimum absolute atomic E-state index is 0.269. The molecule has 126 valence electrons. The van der Waals surface area contributed by atoms with Crippen LogP contribution in [0.4, 0.5) is 0 Å². The van der Waals surface area contributed by atoms with E-state index in [4.69, 9.17) is 22.7 Å². The van der Waals surface area contributed by atoms with Gasteiger partial charge in [-0.3, -0.25) is 9.98 Å². The van der Waals surface area contributed by atoms with Gasteiger partial charge in [0.05, 0.1) is 19.8 Å². The van der Waals surface area contributed by atoms with Crippen LogP contribution < -0.4 is 16.4 Å². The van der Waals surface area contributed by atoms with Gasteiger partial charge in [-0.15, -0.1) is 0 Å². The summed E-state index contributed by atoms with van der Waals surface area (Å²) in [7, 11) is 0. The molecule has 0 aliphatic rings. The molecule has 4 N–H and O–H groups in total. The number of guanidine groups is 1. The van der Waals surface area contributed by atoms with Gasteiger partial charge in [-0.1, -0.05) is 30.3 Å². The van der Waals surface area contributed by atoms with Gasteiger partial charge in [-0.05, 0) is 35.5 Å². The molecule has 1 aromatic heterocycles. The van der Waals surface area contributed by atoms with E-state index in [0.717, 1.165) is 11.1 Å². The second kappa shape index (κ2) is 10.3. The predicted octanol–water partition coefficient (Wildman–Crippen LogP) is 1.58. The van der Waals surface area contributed by atoms with E-state index in [9.17, 15) is 0 Å². The SMILES string of the molecule is NC(=NCCOCc1ccccc1)NC(=S)NCc1ccncc1. The Balaban J connectivity index is 1.60. The lowest BCUT2D eigenvalue weighted by atomic mass is 10.2. The normalized spacial score (nSPS) is 11.1. The minimum Gasteiger partial charge on any atom is -0.375 e. The highest BCUT2D eigenvalue weighted by Crippen LogP contribution is 1.99. The molecule has 1 aromatic carbocycles. The summed E-state index contributed by atoms with van der Waals surface area (Å²) in [6, 6.07) is 13.8. The molecular formula is C17H21N5OS. The van der Waals surface area contributed by atoms with Crippen LogP contribution in [0.3, 0.4) is 0 Å². The monoisotopic (exact) mass is 343 g/mol. The number of aliphatic imine (C=N–C) groups is 1. The molecule has 0 spiro atoms. The minimum atomic E-state index is 0.269. The van der Waals surface area contributed by atoms with Crippen molar-refractivity contribution in [3.05, 3.63) is 66.0 Å². The largest absolute Gasteiger partial charge is 0.375 e. The number of nitrogens with two attached hydrogens (primary N) is 1. The number of nitrogens with zero attached hydrogens (tertiary/aromatic N) is 2. The predicted molar refractivity (Wildman–Crippen MR) is 99.4 cm³/mol. The quantitative estimate of drug-likeness (QED) is 0.306. The first-order valence-corrected chi connectivity index (χ1v) is 8.00. The van der Waals surface area contributed by atoms with Crippen molar-refractivity contribution in [3.63, 3.8) is 0 Å². The van der Waals surface area contributed by atoms with E-state index >= 15 is 0 Å². The fraction of sp³-hybridized carbons (Fsp3) is 0.235. The average molecular weight is 343 g/mol. The lowest BCUT2D eigenvalue weighted by Crippen LogP contribution is -2.43. The van der Waals surface area contributed by atoms with Gasteiger partial charge in [0.15, 0.2) is 11.1 Å². The van der Waals surface area contributed by atoms with Gasteiger partial charge in [-0.25, -0.2) is 0 Å². The number of ether oxygens (including phenoxy) is 1. The lowest BCUT2D eigenvalue weighted by molar-refractivity contribution is 0.128. The highest BCUT2D eigenvalue weighted by molar-refractivity contribution is 7.80. The molecule has 24 heavy (non-hydrogen) atoms. The summed E-state index contributed by atoms with van der Waals surface area (Å²) in [4.78, 5) is 8.13. The Kier molecular flexibility index (Phi) is 7.66. The van der Waals surface area contributed by atoms with Crippen LogP contribution in [0, 0.1) is 0 Å². The third-order valence-electron chi connectivity index (χ3n) is 3.07. The summed E-state index contributed by atoms with van der Waals surface area (Å²) in [5, 5.41) is 6.32. The van der Waals surface area contributed by atoms with Crippen molar-refractivity contribution < 1.29 is 4.74 Å². The van der Waals surface area contributed by atoms with E-state index in [1.807, 2.05) is 42.5 Å². The summed E-state index contributed by atoms with van der Waals surface area (Å²) >= 11 is 5.17. The standard InChI is InChI=1S/C17H21N5OS/c18-16(20-10-11-23-13-15-4-2-1-3-5-15)22-17(24)21-12-14-6-8-19-9-7-14/h1-9H,10-13H2,(H4,18,20,21,22,24). The number of nitrogens with one attached hydrogen (secondary N) is 2. The molecule has 0 bridgehead atoms. The summed E-state index contributed by atoms with van der Waals surface area (Å²) in [6.45, 7) is 2.13. The highest BCUT2D eigenvalue weighted by Gasteiger charge is 1.98. The first-order valence-electron chi connectivity index (χ1n) is 7.59. The van der Waals surface area contributed by atoms with E-state index in [1.54, 1.807) is 12.4 Å². The van der Waals surface area contributed by atoms with E-state index in [1.165, 1.54) is 0 Å². The molecule has 0 amide bonds. The number of hydrogen-bond donors (Lipinski definition) is 3. The molecule has 0 aliphatic carbocycles. The molecule has 0 radical (unpaired) electrons. The molecule has 0 atom stereocenters. The van der Waals surface area contributed by atoms with Gasteiger partial charge < -0.3 is 21.1 Å². The number of hydrogen-bond acceptors (Lipinski definition) is 4. The summed E-state index contributed by atoms with van der Waals surface area (Å²) < 4.78 is 5.54. The fourth-order valence-corrected chi connectivity index (χ4v) is 2.05. The summed E-state index contributed by atoms with van der Waals surface area (Å²) in [5.41, 5.74) is 8.00. The van der Waals surface area contributed by atoms with Crippen LogP contribution in [0.15, 0.2) is 59.9 Å². The van der Waals surface area contributed by atoms with Crippen molar-refractivity contribution >= 4 is 23.3 Å². The Morgan fingerprint density at radius 2 is 1.88 bits per heavy atom.